The van der Waals surface area contributed by atoms with Crippen LogP contribution in [0.1, 0.15) is 38.3 Å². The molecule has 0 fully saturated rings. The number of hydrogen-bond donors (Lipinski definition) is 1. The van der Waals surface area contributed by atoms with Gasteiger partial charge in [0.15, 0.2) is 0 Å². The number of rotatable bonds is 6. The largest absolute Gasteiger partial charge is 0.351 e. The van der Waals surface area contributed by atoms with E-state index in [1.54, 1.807) is 4.68 Å². The molecule has 23 heavy (non-hydrogen) atoms. The number of amides is 1. The number of carbonyl (C=O) groups excluding carboxylic acids is 1. The Morgan fingerprint density at radius 3 is 2.78 bits per heavy atom. The van der Waals surface area contributed by atoms with Gasteiger partial charge in [-0.15, -0.1) is 5.10 Å². The van der Waals surface area contributed by atoms with Crippen LogP contribution in [-0.4, -0.2) is 37.4 Å². The monoisotopic (exact) mass is 333 g/mol. The SMILES string of the molecule is CCC(C)(C)NC(=O)CSc1nnnn1-c1cc(C)ccc1C. The lowest BCUT2D eigenvalue weighted by atomic mass is 10.0. The fourth-order valence-electron chi connectivity index (χ4n) is 2.00. The molecule has 2 aromatic rings. The van der Waals surface area contributed by atoms with Gasteiger partial charge in [-0.25, -0.2) is 0 Å². The van der Waals surface area contributed by atoms with Gasteiger partial charge in [-0.05, 0) is 61.7 Å². The number of nitrogens with zero attached hydrogens (tertiary/aromatic N) is 4. The van der Waals surface area contributed by atoms with Crippen LogP contribution in [0.3, 0.4) is 0 Å². The predicted octanol–water partition coefficient (Wildman–Crippen LogP) is 2.68. The highest BCUT2D eigenvalue weighted by molar-refractivity contribution is 7.99. The van der Waals surface area contributed by atoms with Crippen molar-refractivity contribution in [2.45, 2.75) is 51.7 Å². The molecule has 2 rings (SSSR count). The van der Waals surface area contributed by atoms with Gasteiger partial charge in [0.1, 0.15) is 0 Å². The topological polar surface area (TPSA) is 72.7 Å². The second-order valence-electron chi connectivity index (χ2n) is 6.24. The van der Waals surface area contributed by atoms with Crippen molar-refractivity contribution in [1.82, 2.24) is 25.5 Å². The lowest BCUT2D eigenvalue weighted by Gasteiger charge is -2.24. The minimum atomic E-state index is -0.198. The number of aryl methyl sites for hydroxylation is 2. The Kier molecular flexibility index (Phi) is 5.41. The van der Waals surface area contributed by atoms with Gasteiger partial charge in [0.05, 0.1) is 11.4 Å². The molecule has 0 saturated carbocycles. The van der Waals surface area contributed by atoms with Crippen molar-refractivity contribution in [2.75, 3.05) is 5.75 Å². The van der Waals surface area contributed by atoms with E-state index < -0.39 is 0 Å². The normalized spacial score (nSPS) is 11.5. The molecule has 0 radical (unpaired) electrons. The number of carbonyl (C=O) groups is 1. The summed E-state index contributed by atoms with van der Waals surface area (Å²) >= 11 is 1.34. The molecule has 0 unspecified atom stereocenters. The third-order valence-corrected chi connectivity index (χ3v) is 4.65. The minimum absolute atomic E-state index is 0.0163. The summed E-state index contributed by atoms with van der Waals surface area (Å²) in [6.45, 7) is 10.1. The molecule has 0 aliphatic rings. The molecule has 0 bridgehead atoms. The first-order valence-corrected chi connectivity index (χ1v) is 8.61. The summed E-state index contributed by atoms with van der Waals surface area (Å²) in [6.07, 6.45) is 0.879. The quantitative estimate of drug-likeness (QED) is 0.823. The summed E-state index contributed by atoms with van der Waals surface area (Å²) in [5.74, 6) is 0.270. The zero-order chi connectivity index (χ0) is 17.0. The summed E-state index contributed by atoms with van der Waals surface area (Å²) in [7, 11) is 0. The number of tetrazole rings is 1. The Bertz CT molecular complexity index is 696. The number of aromatic nitrogens is 4. The van der Waals surface area contributed by atoms with Gasteiger partial charge < -0.3 is 5.32 Å². The van der Waals surface area contributed by atoms with Crippen molar-refractivity contribution in [1.29, 1.82) is 0 Å². The van der Waals surface area contributed by atoms with Crippen LogP contribution in [0.2, 0.25) is 0 Å². The number of hydrogen-bond acceptors (Lipinski definition) is 5. The van der Waals surface area contributed by atoms with Gasteiger partial charge >= 0.3 is 0 Å². The van der Waals surface area contributed by atoms with Crippen LogP contribution in [0, 0.1) is 13.8 Å². The fourth-order valence-corrected chi connectivity index (χ4v) is 2.68. The average Bonchev–Trinajstić information content (AvgIpc) is 2.95. The molecule has 0 aliphatic carbocycles. The Morgan fingerprint density at radius 2 is 2.09 bits per heavy atom. The first kappa shape index (κ1) is 17.5. The Balaban J connectivity index is 2.10. The van der Waals surface area contributed by atoms with E-state index in [9.17, 15) is 4.79 Å². The van der Waals surface area contributed by atoms with Gasteiger partial charge in [0.2, 0.25) is 11.1 Å². The summed E-state index contributed by atoms with van der Waals surface area (Å²) in [5, 5.41) is 15.5. The molecule has 1 amide bonds. The van der Waals surface area contributed by atoms with E-state index >= 15 is 0 Å². The average molecular weight is 333 g/mol. The van der Waals surface area contributed by atoms with E-state index in [2.05, 4.69) is 33.8 Å². The minimum Gasteiger partial charge on any atom is -0.351 e. The highest BCUT2D eigenvalue weighted by Gasteiger charge is 2.19. The zero-order valence-corrected chi connectivity index (χ0v) is 15.1. The molecule has 0 atom stereocenters. The van der Waals surface area contributed by atoms with Crippen molar-refractivity contribution in [3.05, 3.63) is 29.3 Å². The van der Waals surface area contributed by atoms with E-state index in [1.807, 2.05) is 39.8 Å². The fraction of sp³-hybridized carbons (Fsp3) is 0.500. The smallest absolute Gasteiger partial charge is 0.230 e. The summed E-state index contributed by atoms with van der Waals surface area (Å²) in [5.41, 5.74) is 2.96. The van der Waals surface area contributed by atoms with Gasteiger partial charge in [0.25, 0.3) is 0 Å². The Labute approximate surface area is 141 Å². The lowest BCUT2D eigenvalue weighted by molar-refractivity contribution is -0.120. The van der Waals surface area contributed by atoms with Gasteiger partial charge in [0, 0.05) is 5.54 Å². The number of thioether (sulfide) groups is 1. The zero-order valence-electron chi connectivity index (χ0n) is 14.3. The maximum absolute atomic E-state index is 12.1. The van der Waals surface area contributed by atoms with Crippen LogP contribution in [-0.2, 0) is 4.79 Å². The van der Waals surface area contributed by atoms with E-state index in [4.69, 9.17) is 0 Å². The lowest BCUT2D eigenvalue weighted by Crippen LogP contribution is -2.43. The molecule has 0 saturated heterocycles. The molecular weight excluding hydrogens is 310 g/mol. The van der Waals surface area contributed by atoms with E-state index in [-0.39, 0.29) is 17.2 Å². The number of benzene rings is 1. The molecule has 1 aromatic heterocycles. The third kappa shape index (κ3) is 4.54. The van der Waals surface area contributed by atoms with E-state index in [0.717, 1.165) is 23.2 Å². The van der Waals surface area contributed by atoms with Gasteiger partial charge in [-0.3, -0.25) is 4.79 Å². The van der Waals surface area contributed by atoms with Crippen molar-refractivity contribution in [3.8, 4) is 5.69 Å². The van der Waals surface area contributed by atoms with Crippen molar-refractivity contribution in [3.63, 3.8) is 0 Å². The van der Waals surface area contributed by atoms with Crippen LogP contribution in [0.15, 0.2) is 23.4 Å². The molecule has 1 aromatic carbocycles. The van der Waals surface area contributed by atoms with Crippen LogP contribution in [0.25, 0.3) is 5.69 Å². The Hall–Kier alpha value is -1.89. The first-order chi connectivity index (χ1) is 10.8. The van der Waals surface area contributed by atoms with Gasteiger partial charge in [-0.1, -0.05) is 30.8 Å². The maximum atomic E-state index is 12.1. The standard InChI is InChI=1S/C16H23N5OS/c1-6-16(4,5)17-14(22)10-23-15-18-19-20-21(15)13-9-11(2)7-8-12(13)3/h7-9H,6,10H2,1-5H3,(H,17,22). The van der Waals surface area contributed by atoms with Crippen LogP contribution in [0.4, 0.5) is 0 Å². The van der Waals surface area contributed by atoms with Crippen LogP contribution < -0.4 is 5.32 Å². The van der Waals surface area contributed by atoms with Crippen molar-refractivity contribution >= 4 is 17.7 Å². The molecular formula is C16H23N5OS. The maximum Gasteiger partial charge on any atom is 0.230 e. The third-order valence-electron chi connectivity index (χ3n) is 3.73. The molecule has 0 aliphatic heterocycles. The van der Waals surface area contributed by atoms with E-state index in [1.165, 1.54) is 11.8 Å². The highest BCUT2D eigenvalue weighted by Crippen LogP contribution is 2.21. The summed E-state index contributed by atoms with van der Waals surface area (Å²) in [6, 6.07) is 6.13. The summed E-state index contributed by atoms with van der Waals surface area (Å²) in [4.78, 5) is 12.1. The first-order valence-electron chi connectivity index (χ1n) is 7.62. The molecule has 0 spiro atoms. The van der Waals surface area contributed by atoms with Crippen LogP contribution >= 0.6 is 11.8 Å². The predicted molar refractivity (Wildman–Crippen MR) is 91.9 cm³/mol. The second kappa shape index (κ2) is 7.12. The molecule has 6 nitrogen and oxygen atoms in total. The number of nitrogens with one attached hydrogen (secondary N) is 1. The molecule has 1 N–H and O–H groups in total. The van der Waals surface area contributed by atoms with E-state index in [0.29, 0.717) is 5.16 Å². The molecule has 1 heterocycles. The highest BCUT2D eigenvalue weighted by atomic mass is 32.2. The summed E-state index contributed by atoms with van der Waals surface area (Å²) < 4.78 is 1.69. The van der Waals surface area contributed by atoms with Gasteiger partial charge in [-0.2, -0.15) is 4.68 Å². The second-order valence-corrected chi connectivity index (χ2v) is 7.18. The molecule has 7 heteroatoms. The van der Waals surface area contributed by atoms with Crippen molar-refractivity contribution in [2.24, 2.45) is 0 Å². The van der Waals surface area contributed by atoms with Crippen LogP contribution in [0.5, 0.6) is 0 Å². The van der Waals surface area contributed by atoms with Crippen molar-refractivity contribution < 1.29 is 4.79 Å². The molecule has 124 valence electrons. The Morgan fingerprint density at radius 1 is 1.35 bits per heavy atom.